The van der Waals surface area contributed by atoms with Crippen molar-refractivity contribution in [3.05, 3.63) is 23.3 Å². The number of nitrogens with one attached hydrogen (secondary N) is 2. The van der Waals surface area contributed by atoms with Crippen molar-refractivity contribution in [3.8, 4) is 5.75 Å². The predicted molar refractivity (Wildman–Crippen MR) is 70.1 cm³/mol. The van der Waals surface area contributed by atoms with Crippen molar-refractivity contribution in [2.24, 2.45) is 0 Å². The van der Waals surface area contributed by atoms with E-state index < -0.39 is 0 Å². The van der Waals surface area contributed by atoms with Crippen molar-refractivity contribution in [3.63, 3.8) is 0 Å². The quantitative estimate of drug-likeness (QED) is 0.849. The fourth-order valence-electron chi connectivity index (χ4n) is 2.87. The van der Waals surface area contributed by atoms with Gasteiger partial charge < -0.3 is 15.4 Å². The maximum Gasteiger partial charge on any atom is 0.228 e. The van der Waals surface area contributed by atoms with Gasteiger partial charge in [-0.2, -0.15) is 0 Å². The van der Waals surface area contributed by atoms with Crippen molar-refractivity contribution < 1.29 is 9.53 Å². The monoisotopic (exact) mass is 246 g/mol. The van der Waals surface area contributed by atoms with Crippen molar-refractivity contribution in [2.75, 3.05) is 19.0 Å². The maximum atomic E-state index is 11.4. The van der Waals surface area contributed by atoms with Crippen LogP contribution < -0.4 is 15.4 Å². The third-order valence-electron chi connectivity index (χ3n) is 3.72. The minimum Gasteiger partial charge on any atom is -0.495 e. The van der Waals surface area contributed by atoms with E-state index in [4.69, 9.17) is 4.74 Å². The molecule has 4 heteroatoms. The molecule has 18 heavy (non-hydrogen) atoms. The summed E-state index contributed by atoms with van der Waals surface area (Å²) in [6.07, 6.45) is 3.97. The zero-order chi connectivity index (χ0) is 12.5. The number of hydrogen-bond acceptors (Lipinski definition) is 3. The number of ether oxygens (including phenoxy) is 1. The second-order valence-electron chi connectivity index (χ2n) is 5.05. The lowest BCUT2D eigenvalue weighted by molar-refractivity contribution is -0.115. The van der Waals surface area contributed by atoms with E-state index in [0.717, 1.165) is 30.0 Å². The first-order valence-electron chi connectivity index (χ1n) is 6.49. The van der Waals surface area contributed by atoms with Crippen LogP contribution >= 0.6 is 0 Å². The fraction of sp³-hybridized carbons (Fsp3) is 0.500. The molecule has 2 aliphatic heterocycles. The molecule has 0 spiro atoms. The summed E-state index contributed by atoms with van der Waals surface area (Å²) in [7, 11) is 1.65. The summed E-state index contributed by atoms with van der Waals surface area (Å²) in [5.41, 5.74) is 3.17. The molecule has 1 saturated heterocycles. The highest BCUT2D eigenvalue weighted by molar-refractivity contribution is 6.01. The van der Waals surface area contributed by atoms with E-state index in [2.05, 4.69) is 16.7 Å². The van der Waals surface area contributed by atoms with Gasteiger partial charge in [0, 0.05) is 6.04 Å². The van der Waals surface area contributed by atoms with Crippen LogP contribution in [0.25, 0.3) is 0 Å². The third kappa shape index (κ3) is 2.08. The molecule has 1 fully saturated rings. The van der Waals surface area contributed by atoms with Gasteiger partial charge in [0.15, 0.2) is 0 Å². The zero-order valence-electron chi connectivity index (χ0n) is 10.6. The summed E-state index contributed by atoms with van der Waals surface area (Å²) in [6, 6.07) is 4.75. The highest BCUT2D eigenvalue weighted by Crippen LogP contribution is 2.35. The van der Waals surface area contributed by atoms with Crippen LogP contribution in [0.2, 0.25) is 0 Å². The van der Waals surface area contributed by atoms with E-state index in [9.17, 15) is 4.79 Å². The van der Waals surface area contributed by atoms with E-state index in [1.807, 2.05) is 6.07 Å². The number of anilines is 1. The lowest BCUT2D eigenvalue weighted by Gasteiger charge is -2.13. The molecule has 0 radical (unpaired) electrons. The zero-order valence-corrected chi connectivity index (χ0v) is 10.6. The molecule has 2 aliphatic rings. The molecule has 96 valence electrons. The van der Waals surface area contributed by atoms with E-state index in [-0.39, 0.29) is 5.91 Å². The minimum atomic E-state index is 0.0550. The lowest BCUT2D eigenvalue weighted by atomic mass is 10.0. The van der Waals surface area contributed by atoms with Gasteiger partial charge >= 0.3 is 0 Å². The van der Waals surface area contributed by atoms with Crippen molar-refractivity contribution >= 4 is 11.6 Å². The molecule has 3 rings (SSSR count). The smallest absolute Gasteiger partial charge is 0.228 e. The Bertz CT molecular complexity index is 479. The van der Waals surface area contributed by atoms with Crippen LogP contribution in [0.1, 0.15) is 24.0 Å². The number of benzene rings is 1. The Hall–Kier alpha value is -1.55. The number of rotatable bonds is 3. The second-order valence-corrected chi connectivity index (χ2v) is 5.05. The van der Waals surface area contributed by atoms with Gasteiger partial charge in [-0.05, 0) is 43.0 Å². The number of hydrogen-bond donors (Lipinski definition) is 2. The molecular formula is C14H18N2O2. The largest absolute Gasteiger partial charge is 0.495 e. The Morgan fingerprint density at radius 3 is 3.06 bits per heavy atom. The predicted octanol–water partition coefficient (Wildman–Crippen LogP) is 1.48. The van der Waals surface area contributed by atoms with E-state index >= 15 is 0 Å². The summed E-state index contributed by atoms with van der Waals surface area (Å²) < 4.78 is 5.38. The molecule has 1 atom stereocenters. The van der Waals surface area contributed by atoms with Crippen LogP contribution in [0.5, 0.6) is 5.75 Å². The highest BCUT2D eigenvalue weighted by atomic mass is 16.5. The first kappa shape index (κ1) is 11.5. The van der Waals surface area contributed by atoms with Gasteiger partial charge in [-0.1, -0.05) is 6.07 Å². The van der Waals surface area contributed by atoms with Crippen molar-refractivity contribution in [1.29, 1.82) is 0 Å². The first-order chi connectivity index (χ1) is 8.76. The fourth-order valence-corrected chi connectivity index (χ4v) is 2.87. The number of amides is 1. The van der Waals surface area contributed by atoms with Gasteiger partial charge in [-0.3, -0.25) is 4.79 Å². The number of carbonyl (C=O) groups excluding carboxylic acids is 1. The van der Waals surface area contributed by atoms with E-state index in [1.165, 1.54) is 18.4 Å². The molecule has 2 N–H and O–H groups in total. The number of carbonyl (C=O) groups is 1. The molecule has 0 bridgehead atoms. The van der Waals surface area contributed by atoms with Gasteiger partial charge in [0.25, 0.3) is 0 Å². The van der Waals surface area contributed by atoms with Crippen LogP contribution in [0.4, 0.5) is 5.69 Å². The Labute approximate surface area is 107 Å². The van der Waals surface area contributed by atoms with Gasteiger partial charge in [-0.25, -0.2) is 0 Å². The van der Waals surface area contributed by atoms with Crippen LogP contribution in [-0.2, 0) is 17.6 Å². The number of fused-ring (bicyclic) bond motifs is 1. The van der Waals surface area contributed by atoms with Gasteiger partial charge in [-0.15, -0.1) is 0 Å². The molecule has 2 heterocycles. The van der Waals surface area contributed by atoms with Gasteiger partial charge in [0.1, 0.15) is 5.75 Å². The van der Waals surface area contributed by atoms with Crippen LogP contribution in [0.3, 0.4) is 0 Å². The standard InChI is InChI=1S/C14H18N2O2/c1-18-12-7-9(6-11-3-2-4-15-11)5-10-8-13(17)16-14(10)12/h5,7,11,15H,2-4,6,8H2,1H3,(H,16,17). The average Bonchev–Trinajstić information content (AvgIpc) is 2.96. The maximum absolute atomic E-state index is 11.4. The van der Waals surface area contributed by atoms with Crippen LogP contribution in [-0.4, -0.2) is 25.6 Å². The molecule has 1 unspecified atom stereocenters. The van der Waals surface area contributed by atoms with Gasteiger partial charge in [0.2, 0.25) is 5.91 Å². The molecule has 1 aromatic carbocycles. The Balaban J connectivity index is 1.87. The van der Waals surface area contributed by atoms with E-state index in [1.54, 1.807) is 7.11 Å². The SMILES string of the molecule is COc1cc(CC2CCCN2)cc2c1NC(=O)C2. The molecule has 1 aromatic rings. The molecule has 0 aliphatic carbocycles. The van der Waals surface area contributed by atoms with E-state index in [0.29, 0.717) is 12.5 Å². The summed E-state index contributed by atoms with van der Waals surface area (Å²) >= 11 is 0. The van der Waals surface area contributed by atoms with Crippen molar-refractivity contribution in [2.45, 2.75) is 31.7 Å². The minimum absolute atomic E-state index is 0.0550. The van der Waals surface area contributed by atoms with Crippen LogP contribution in [0, 0.1) is 0 Å². The average molecular weight is 246 g/mol. The Morgan fingerprint density at radius 1 is 1.44 bits per heavy atom. The summed E-state index contributed by atoms with van der Waals surface area (Å²) in [5, 5.41) is 6.35. The summed E-state index contributed by atoms with van der Waals surface area (Å²) in [6.45, 7) is 1.12. The molecule has 4 nitrogen and oxygen atoms in total. The van der Waals surface area contributed by atoms with Gasteiger partial charge in [0.05, 0.1) is 19.2 Å². The normalized spacial score (nSPS) is 21.8. The Morgan fingerprint density at radius 2 is 2.33 bits per heavy atom. The summed E-state index contributed by atoms with van der Waals surface area (Å²) in [5.74, 6) is 0.839. The highest BCUT2D eigenvalue weighted by Gasteiger charge is 2.23. The third-order valence-corrected chi connectivity index (χ3v) is 3.72. The molecule has 0 saturated carbocycles. The van der Waals surface area contributed by atoms with Crippen molar-refractivity contribution in [1.82, 2.24) is 5.32 Å². The Kier molecular flexibility index (Phi) is 2.96. The summed E-state index contributed by atoms with van der Waals surface area (Å²) in [4.78, 5) is 11.4. The second kappa shape index (κ2) is 4.61. The molecule has 0 aromatic heterocycles. The first-order valence-corrected chi connectivity index (χ1v) is 6.49. The molecule has 1 amide bonds. The number of methoxy groups -OCH3 is 1. The lowest BCUT2D eigenvalue weighted by Crippen LogP contribution is -2.23. The van der Waals surface area contributed by atoms with Crippen LogP contribution in [0.15, 0.2) is 12.1 Å². The topological polar surface area (TPSA) is 50.4 Å². The molecular weight excluding hydrogens is 228 g/mol.